The van der Waals surface area contributed by atoms with E-state index in [1.165, 1.54) is 10.9 Å². The molecule has 0 aromatic carbocycles. The van der Waals surface area contributed by atoms with Crippen molar-refractivity contribution in [1.82, 2.24) is 19.5 Å². The molecule has 6 N–H and O–H groups in total. The Bertz CT molecular complexity index is 629. The third-order valence-electron chi connectivity index (χ3n) is 3.22. The summed E-state index contributed by atoms with van der Waals surface area (Å²) in [6, 6.07) is 0. The zero-order valence-electron chi connectivity index (χ0n) is 10.1. The molecule has 1 aliphatic rings. The molecular weight excluding hydrogens is 252 g/mol. The van der Waals surface area contributed by atoms with Gasteiger partial charge in [-0.15, -0.1) is 0 Å². The normalized spacial score (nSPS) is 31.1. The first kappa shape index (κ1) is 12.1. The Morgan fingerprint density at radius 3 is 2.63 bits per heavy atom. The second-order valence-electron chi connectivity index (χ2n) is 4.50. The first-order valence-corrected chi connectivity index (χ1v) is 5.76. The number of imidazole rings is 1. The summed E-state index contributed by atoms with van der Waals surface area (Å²) in [6.45, 7) is 1.67. The molecular formula is C10H14N6O3. The summed E-state index contributed by atoms with van der Waals surface area (Å²) in [7, 11) is 0. The van der Waals surface area contributed by atoms with Crippen LogP contribution in [0.5, 0.6) is 0 Å². The fourth-order valence-corrected chi connectivity index (χ4v) is 2.20. The highest BCUT2D eigenvalue weighted by Gasteiger charge is 2.42. The predicted octanol–water partition coefficient (Wildman–Crippen LogP) is -1.37. The van der Waals surface area contributed by atoms with E-state index in [2.05, 4.69) is 15.0 Å². The van der Waals surface area contributed by atoms with E-state index in [0.29, 0.717) is 11.2 Å². The summed E-state index contributed by atoms with van der Waals surface area (Å²) >= 11 is 0. The van der Waals surface area contributed by atoms with Gasteiger partial charge in [0.1, 0.15) is 17.7 Å². The van der Waals surface area contributed by atoms with Gasteiger partial charge in [0.2, 0.25) is 5.95 Å². The molecule has 0 bridgehead atoms. The van der Waals surface area contributed by atoms with Crippen molar-refractivity contribution in [2.75, 3.05) is 11.5 Å². The Labute approximate surface area is 107 Å². The molecule has 0 spiro atoms. The minimum Gasteiger partial charge on any atom is -0.388 e. The molecule has 0 saturated carbocycles. The maximum absolute atomic E-state index is 9.97. The van der Waals surface area contributed by atoms with E-state index in [0.717, 1.165) is 0 Å². The highest BCUT2D eigenvalue weighted by Crippen LogP contribution is 2.31. The number of ether oxygens (including phenoxy) is 1. The van der Waals surface area contributed by atoms with Gasteiger partial charge >= 0.3 is 0 Å². The fourth-order valence-electron chi connectivity index (χ4n) is 2.20. The summed E-state index contributed by atoms with van der Waals surface area (Å²) < 4.78 is 6.99. The van der Waals surface area contributed by atoms with Crippen LogP contribution in [0, 0.1) is 0 Å². The average molecular weight is 266 g/mol. The number of rotatable bonds is 1. The topological polar surface area (TPSA) is 145 Å². The van der Waals surface area contributed by atoms with Gasteiger partial charge in [-0.1, -0.05) is 0 Å². The van der Waals surface area contributed by atoms with Crippen molar-refractivity contribution in [2.24, 2.45) is 0 Å². The molecule has 3 rings (SSSR count). The third kappa shape index (κ3) is 1.70. The highest BCUT2D eigenvalue weighted by atomic mass is 16.6. The van der Waals surface area contributed by atoms with Crippen LogP contribution in [0.25, 0.3) is 11.2 Å². The molecule has 2 unspecified atom stereocenters. The first-order valence-electron chi connectivity index (χ1n) is 5.76. The Kier molecular flexibility index (Phi) is 2.55. The van der Waals surface area contributed by atoms with E-state index >= 15 is 0 Å². The van der Waals surface area contributed by atoms with Crippen LogP contribution in [0.4, 0.5) is 11.8 Å². The average Bonchev–Trinajstić information content (AvgIpc) is 2.86. The second kappa shape index (κ2) is 4.02. The van der Waals surface area contributed by atoms with Gasteiger partial charge < -0.3 is 26.4 Å². The maximum atomic E-state index is 9.97. The largest absolute Gasteiger partial charge is 0.388 e. The standard InChI is InChI=1S/C10H14N6O3/c1-3-5(17)6(18)9(19-3)16-2-13-4-7(11)14-10(12)15-8(4)16/h2-3,5-6,9,17-18H,1H3,(H4,11,12,14,15)/t3-,5?,6?,9-/m1/s1. The zero-order chi connectivity index (χ0) is 13.7. The Hall–Kier alpha value is -1.97. The molecule has 1 saturated heterocycles. The van der Waals surface area contributed by atoms with E-state index in [9.17, 15) is 10.2 Å². The van der Waals surface area contributed by atoms with Gasteiger partial charge in [0.15, 0.2) is 17.7 Å². The van der Waals surface area contributed by atoms with Gasteiger partial charge in [-0.3, -0.25) is 4.57 Å². The van der Waals surface area contributed by atoms with Crippen molar-refractivity contribution >= 4 is 22.9 Å². The van der Waals surface area contributed by atoms with E-state index in [4.69, 9.17) is 16.2 Å². The SMILES string of the molecule is C[C@H]1O[C@@H](n2cnc3c(N)nc(N)nc32)C(O)C1O. The molecule has 0 amide bonds. The molecule has 2 aromatic heterocycles. The zero-order valence-corrected chi connectivity index (χ0v) is 10.1. The molecule has 3 heterocycles. The van der Waals surface area contributed by atoms with E-state index in [1.807, 2.05) is 0 Å². The lowest BCUT2D eigenvalue weighted by Crippen LogP contribution is -2.30. The van der Waals surface area contributed by atoms with Crippen LogP contribution in [0.15, 0.2) is 6.33 Å². The van der Waals surface area contributed by atoms with Gasteiger partial charge in [0.05, 0.1) is 12.4 Å². The lowest BCUT2D eigenvalue weighted by molar-refractivity contribution is -0.0299. The highest BCUT2D eigenvalue weighted by molar-refractivity contribution is 5.82. The van der Waals surface area contributed by atoms with Gasteiger partial charge in [0, 0.05) is 0 Å². The molecule has 0 radical (unpaired) electrons. The molecule has 0 aliphatic carbocycles. The molecule has 102 valence electrons. The van der Waals surface area contributed by atoms with Gasteiger partial charge in [-0.05, 0) is 6.92 Å². The van der Waals surface area contributed by atoms with Crippen LogP contribution in [0.1, 0.15) is 13.2 Å². The number of aromatic nitrogens is 4. The van der Waals surface area contributed by atoms with Crippen LogP contribution in [0.3, 0.4) is 0 Å². The number of nitrogen functional groups attached to an aromatic ring is 2. The fraction of sp³-hybridized carbons (Fsp3) is 0.500. The number of nitrogens with zero attached hydrogens (tertiary/aromatic N) is 4. The smallest absolute Gasteiger partial charge is 0.224 e. The van der Waals surface area contributed by atoms with Crippen LogP contribution in [-0.4, -0.2) is 48.0 Å². The van der Waals surface area contributed by atoms with Crippen LogP contribution < -0.4 is 11.5 Å². The van der Waals surface area contributed by atoms with Gasteiger partial charge in [-0.25, -0.2) is 4.98 Å². The number of nitrogens with two attached hydrogens (primary N) is 2. The molecule has 9 nitrogen and oxygen atoms in total. The molecule has 1 aliphatic heterocycles. The summed E-state index contributed by atoms with van der Waals surface area (Å²) in [5.74, 6) is 0.162. The second-order valence-corrected chi connectivity index (χ2v) is 4.50. The van der Waals surface area contributed by atoms with Crippen molar-refractivity contribution in [3.8, 4) is 0 Å². The van der Waals surface area contributed by atoms with Crippen LogP contribution in [0.2, 0.25) is 0 Å². The lowest BCUT2D eigenvalue weighted by Gasteiger charge is -2.16. The van der Waals surface area contributed by atoms with Crippen molar-refractivity contribution in [3.63, 3.8) is 0 Å². The number of hydrogen-bond acceptors (Lipinski definition) is 8. The maximum Gasteiger partial charge on any atom is 0.224 e. The Balaban J connectivity index is 2.11. The Morgan fingerprint density at radius 2 is 2.00 bits per heavy atom. The van der Waals surface area contributed by atoms with Gasteiger partial charge in [0.25, 0.3) is 0 Å². The lowest BCUT2D eigenvalue weighted by atomic mass is 10.1. The van der Waals surface area contributed by atoms with Gasteiger partial charge in [-0.2, -0.15) is 9.97 Å². The Morgan fingerprint density at radius 1 is 1.26 bits per heavy atom. The first-order chi connectivity index (χ1) is 8.99. The van der Waals surface area contributed by atoms with Crippen LogP contribution >= 0.6 is 0 Å². The number of aliphatic hydroxyl groups is 2. The van der Waals surface area contributed by atoms with Crippen molar-refractivity contribution in [3.05, 3.63) is 6.33 Å². The van der Waals surface area contributed by atoms with Crippen molar-refractivity contribution < 1.29 is 14.9 Å². The van der Waals surface area contributed by atoms with E-state index in [1.54, 1.807) is 6.92 Å². The molecule has 9 heteroatoms. The summed E-state index contributed by atoms with van der Waals surface area (Å²) in [4.78, 5) is 11.9. The third-order valence-corrected chi connectivity index (χ3v) is 3.22. The molecule has 4 atom stereocenters. The number of hydrogen-bond donors (Lipinski definition) is 4. The van der Waals surface area contributed by atoms with E-state index in [-0.39, 0.29) is 11.8 Å². The monoisotopic (exact) mass is 266 g/mol. The van der Waals surface area contributed by atoms with Crippen molar-refractivity contribution in [2.45, 2.75) is 31.5 Å². The quantitative estimate of drug-likeness (QED) is 0.494. The van der Waals surface area contributed by atoms with Crippen LogP contribution in [-0.2, 0) is 4.74 Å². The number of fused-ring (bicyclic) bond motifs is 1. The molecule has 19 heavy (non-hydrogen) atoms. The predicted molar refractivity (Wildman–Crippen MR) is 65.7 cm³/mol. The van der Waals surface area contributed by atoms with Crippen molar-refractivity contribution in [1.29, 1.82) is 0 Å². The summed E-state index contributed by atoms with van der Waals surface area (Å²) in [5.41, 5.74) is 12.0. The number of aliphatic hydroxyl groups excluding tert-OH is 2. The minimum atomic E-state index is -1.08. The number of anilines is 2. The minimum absolute atomic E-state index is 0.00725. The summed E-state index contributed by atoms with van der Waals surface area (Å²) in [5, 5.41) is 19.7. The molecule has 1 fully saturated rings. The van der Waals surface area contributed by atoms with E-state index < -0.39 is 24.5 Å². The molecule has 2 aromatic rings. The summed E-state index contributed by atoms with van der Waals surface area (Å²) in [6.07, 6.45) is -1.91.